The van der Waals surface area contributed by atoms with E-state index in [1.807, 2.05) is 25.1 Å². The summed E-state index contributed by atoms with van der Waals surface area (Å²) in [5.41, 5.74) is 2.99. The van der Waals surface area contributed by atoms with Gasteiger partial charge in [-0.1, -0.05) is 18.2 Å². The van der Waals surface area contributed by atoms with Gasteiger partial charge in [-0.15, -0.1) is 0 Å². The Morgan fingerprint density at radius 2 is 1.84 bits per heavy atom. The Morgan fingerprint density at radius 1 is 1.16 bits per heavy atom. The number of aromatic carboxylic acids is 1. The zero-order valence-corrected chi connectivity index (χ0v) is 15.0. The Hall–Kier alpha value is -2.24. The number of aliphatic hydroxyl groups excluding tert-OH is 1. The van der Waals surface area contributed by atoms with Crippen LogP contribution in [0.5, 0.6) is 0 Å². The second-order valence-corrected chi connectivity index (χ2v) is 6.57. The van der Waals surface area contributed by atoms with Gasteiger partial charge in [-0.05, 0) is 57.0 Å². The van der Waals surface area contributed by atoms with E-state index >= 15 is 0 Å². The first-order chi connectivity index (χ1) is 11.9. The van der Waals surface area contributed by atoms with Crippen LogP contribution in [0.1, 0.15) is 53.7 Å². The van der Waals surface area contributed by atoms with Crippen LogP contribution in [0.25, 0.3) is 0 Å². The largest absolute Gasteiger partial charge is 0.478 e. The summed E-state index contributed by atoms with van der Waals surface area (Å²) in [7, 11) is 0. The normalized spacial score (nSPS) is 12.6. The Morgan fingerprint density at radius 3 is 2.40 bits per heavy atom. The number of aryl methyl sites for hydroxylation is 1. The molecule has 0 amide bonds. The van der Waals surface area contributed by atoms with E-state index in [2.05, 4.69) is 23.7 Å². The third-order valence-corrected chi connectivity index (χ3v) is 4.27. The SMILES string of the molecule is Cc1cccc(CN(CCC(O)c2ccc(C(=O)O)cc2)C(C)C)n1. The Bertz CT molecular complexity index is 698. The molecular weight excluding hydrogens is 316 g/mol. The fourth-order valence-electron chi connectivity index (χ4n) is 2.72. The van der Waals surface area contributed by atoms with Crippen molar-refractivity contribution < 1.29 is 15.0 Å². The zero-order valence-electron chi connectivity index (χ0n) is 15.0. The summed E-state index contributed by atoms with van der Waals surface area (Å²) in [4.78, 5) is 17.7. The van der Waals surface area contributed by atoms with Gasteiger partial charge < -0.3 is 10.2 Å². The summed E-state index contributed by atoms with van der Waals surface area (Å²) in [5.74, 6) is -0.960. The monoisotopic (exact) mass is 342 g/mol. The molecule has 1 unspecified atom stereocenters. The maximum atomic E-state index is 10.9. The predicted molar refractivity (Wildman–Crippen MR) is 97.5 cm³/mol. The number of hydrogen-bond acceptors (Lipinski definition) is 4. The summed E-state index contributed by atoms with van der Waals surface area (Å²) in [6, 6.07) is 12.7. The van der Waals surface area contributed by atoms with Gasteiger partial charge in [0.05, 0.1) is 17.4 Å². The molecule has 1 atom stereocenters. The lowest BCUT2D eigenvalue weighted by atomic mass is 10.0. The van der Waals surface area contributed by atoms with Gasteiger partial charge in [0.15, 0.2) is 0 Å². The molecule has 0 radical (unpaired) electrons. The smallest absolute Gasteiger partial charge is 0.335 e. The molecule has 5 nitrogen and oxygen atoms in total. The van der Waals surface area contributed by atoms with E-state index in [4.69, 9.17) is 5.11 Å². The summed E-state index contributed by atoms with van der Waals surface area (Å²) in [5, 5.41) is 19.3. The van der Waals surface area contributed by atoms with E-state index in [1.165, 1.54) is 12.1 Å². The number of rotatable bonds is 8. The second-order valence-electron chi connectivity index (χ2n) is 6.57. The van der Waals surface area contributed by atoms with Gasteiger partial charge in [-0.3, -0.25) is 9.88 Å². The molecule has 0 saturated carbocycles. The van der Waals surface area contributed by atoms with Crippen LogP contribution in [0.4, 0.5) is 0 Å². The molecule has 0 saturated heterocycles. The van der Waals surface area contributed by atoms with Crippen LogP contribution in [-0.2, 0) is 6.54 Å². The number of carbonyl (C=O) groups is 1. The molecule has 1 aromatic heterocycles. The standard InChI is InChI=1S/C20H26N2O3/c1-14(2)22(13-18-6-4-5-15(3)21-18)12-11-19(23)16-7-9-17(10-8-16)20(24)25/h4-10,14,19,23H,11-13H2,1-3H3,(H,24,25). The highest BCUT2D eigenvalue weighted by atomic mass is 16.4. The fourth-order valence-corrected chi connectivity index (χ4v) is 2.72. The van der Waals surface area contributed by atoms with Gasteiger partial charge in [0.25, 0.3) is 0 Å². The number of carboxylic acid groups (broad SMARTS) is 1. The highest BCUT2D eigenvalue weighted by molar-refractivity contribution is 5.87. The van der Waals surface area contributed by atoms with Crippen LogP contribution in [0, 0.1) is 6.92 Å². The van der Waals surface area contributed by atoms with Crippen molar-refractivity contribution in [2.24, 2.45) is 0 Å². The molecule has 2 rings (SSSR count). The minimum atomic E-state index is -0.960. The third-order valence-electron chi connectivity index (χ3n) is 4.27. The van der Waals surface area contributed by atoms with Crippen LogP contribution in [0.2, 0.25) is 0 Å². The van der Waals surface area contributed by atoms with Crippen LogP contribution < -0.4 is 0 Å². The first-order valence-electron chi connectivity index (χ1n) is 8.54. The lowest BCUT2D eigenvalue weighted by Crippen LogP contribution is -2.32. The van der Waals surface area contributed by atoms with Crippen molar-refractivity contribution in [2.75, 3.05) is 6.54 Å². The van der Waals surface area contributed by atoms with E-state index in [1.54, 1.807) is 12.1 Å². The number of pyridine rings is 1. The summed E-state index contributed by atoms with van der Waals surface area (Å²) in [6.45, 7) is 7.71. The average molecular weight is 342 g/mol. The maximum Gasteiger partial charge on any atom is 0.335 e. The lowest BCUT2D eigenvalue weighted by Gasteiger charge is -2.27. The highest BCUT2D eigenvalue weighted by Gasteiger charge is 2.15. The molecule has 0 spiro atoms. The number of carboxylic acids is 1. The molecule has 0 aliphatic heterocycles. The van der Waals surface area contributed by atoms with E-state index < -0.39 is 12.1 Å². The third kappa shape index (κ3) is 5.66. The van der Waals surface area contributed by atoms with E-state index in [0.717, 1.165) is 30.0 Å². The number of aliphatic hydroxyl groups is 1. The van der Waals surface area contributed by atoms with Crippen molar-refractivity contribution in [1.29, 1.82) is 0 Å². The maximum absolute atomic E-state index is 10.9. The molecule has 25 heavy (non-hydrogen) atoms. The van der Waals surface area contributed by atoms with Gasteiger partial charge in [0, 0.05) is 24.8 Å². The molecule has 2 N–H and O–H groups in total. The van der Waals surface area contributed by atoms with Crippen molar-refractivity contribution in [3.8, 4) is 0 Å². The second kappa shape index (κ2) is 8.74. The average Bonchev–Trinajstić information content (AvgIpc) is 2.58. The number of nitrogens with zero attached hydrogens (tertiary/aromatic N) is 2. The van der Waals surface area contributed by atoms with Crippen LogP contribution in [0.15, 0.2) is 42.5 Å². The quantitative estimate of drug-likeness (QED) is 0.769. The first kappa shape index (κ1) is 19.1. The molecule has 0 aliphatic rings. The van der Waals surface area contributed by atoms with Gasteiger partial charge in [-0.25, -0.2) is 4.79 Å². The molecule has 0 bridgehead atoms. The summed E-state index contributed by atoms with van der Waals surface area (Å²) < 4.78 is 0. The summed E-state index contributed by atoms with van der Waals surface area (Å²) in [6.07, 6.45) is -0.0364. The number of hydrogen-bond donors (Lipinski definition) is 2. The highest BCUT2D eigenvalue weighted by Crippen LogP contribution is 2.19. The minimum Gasteiger partial charge on any atom is -0.478 e. The van der Waals surface area contributed by atoms with Gasteiger partial charge >= 0.3 is 5.97 Å². The molecule has 134 valence electrons. The van der Waals surface area contributed by atoms with Gasteiger partial charge in [0.1, 0.15) is 0 Å². The molecule has 0 aliphatic carbocycles. The van der Waals surface area contributed by atoms with Crippen molar-refractivity contribution in [3.05, 3.63) is 65.0 Å². The van der Waals surface area contributed by atoms with Crippen LogP contribution in [-0.4, -0.2) is 38.7 Å². The first-order valence-corrected chi connectivity index (χ1v) is 8.54. The van der Waals surface area contributed by atoms with Crippen molar-refractivity contribution in [3.63, 3.8) is 0 Å². The molecule has 0 fully saturated rings. The van der Waals surface area contributed by atoms with Crippen molar-refractivity contribution in [2.45, 2.75) is 45.9 Å². The van der Waals surface area contributed by atoms with Crippen LogP contribution in [0.3, 0.4) is 0 Å². The fraction of sp³-hybridized carbons (Fsp3) is 0.400. The van der Waals surface area contributed by atoms with E-state index in [-0.39, 0.29) is 5.56 Å². The van der Waals surface area contributed by atoms with Crippen molar-refractivity contribution >= 4 is 5.97 Å². The minimum absolute atomic E-state index is 0.227. The molecule has 5 heteroatoms. The van der Waals surface area contributed by atoms with Crippen LogP contribution >= 0.6 is 0 Å². The van der Waals surface area contributed by atoms with E-state index in [9.17, 15) is 9.90 Å². The number of aromatic nitrogens is 1. The Labute approximate surface area is 149 Å². The Kier molecular flexibility index (Phi) is 6.67. The molecule has 1 aromatic carbocycles. The van der Waals surface area contributed by atoms with Crippen molar-refractivity contribution in [1.82, 2.24) is 9.88 Å². The lowest BCUT2D eigenvalue weighted by molar-refractivity contribution is 0.0696. The van der Waals surface area contributed by atoms with Gasteiger partial charge in [0.2, 0.25) is 0 Å². The molecule has 1 heterocycles. The van der Waals surface area contributed by atoms with E-state index in [0.29, 0.717) is 12.5 Å². The van der Waals surface area contributed by atoms with Gasteiger partial charge in [-0.2, -0.15) is 0 Å². The summed E-state index contributed by atoms with van der Waals surface area (Å²) >= 11 is 0. The Balaban J connectivity index is 1.96. The number of benzene rings is 1. The zero-order chi connectivity index (χ0) is 18.4. The molecule has 2 aromatic rings. The molecular formula is C20H26N2O3. The topological polar surface area (TPSA) is 73.7 Å². The predicted octanol–water partition coefficient (Wildman–Crippen LogP) is 3.42.